The summed E-state index contributed by atoms with van der Waals surface area (Å²) in [6.45, 7) is 3.32. The molecule has 0 N–H and O–H groups in total. The van der Waals surface area contributed by atoms with Crippen LogP contribution in [0, 0.1) is 0 Å². The van der Waals surface area contributed by atoms with Gasteiger partial charge in [-0.05, 0) is 0 Å². The van der Waals surface area contributed by atoms with Crippen molar-refractivity contribution in [2.45, 2.75) is 5.92 Å². The molecule has 13 heavy (non-hydrogen) atoms. The fraction of sp³-hybridized carbons (Fsp3) is 0.200. The lowest BCUT2D eigenvalue weighted by atomic mass is 10.0. The van der Waals surface area contributed by atoms with Gasteiger partial charge in [0.1, 0.15) is 0 Å². The van der Waals surface area contributed by atoms with Crippen molar-refractivity contribution in [1.82, 2.24) is 0 Å². The van der Waals surface area contributed by atoms with Gasteiger partial charge in [-0.1, -0.05) is 52.8 Å². The first-order valence-corrected chi connectivity index (χ1v) is 4.88. The van der Waals surface area contributed by atoms with Gasteiger partial charge in [0.2, 0.25) is 0 Å². The molecule has 0 spiro atoms. The highest BCUT2D eigenvalue weighted by atomic mass is 79.9. The summed E-state index contributed by atoms with van der Waals surface area (Å²) in [6, 6.07) is 7.67. The molecule has 1 aromatic rings. The third kappa shape index (κ3) is 2.15. The van der Waals surface area contributed by atoms with E-state index in [2.05, 4.69) is 22.5 Å². The van der Waals surface area contributed by atoms with Crippen LogP contribution >= 0.6 is 15.9 Å². The van der Waals surface area contributed by atoms with E-state index < -0.39 is 5.92 Å². The molecule has 0 saturated carbocycles. The second-order valence-electron chi connectivity index (χ2n) is 2.68. The van der Waals surface area contributed by atoms with Crippen molar-refractivity contribution in [3.05, 3.63) is 48.0 Å². The van der Waals surface area contributed by atoms with Crippen molar-refractivity contribution in [3.8, 4) is 0 Å². The van der Waals surface area contributed by atoms with Gasteiger partial charge in [-0.15, -0.1) is 0 Å². The van der Waals surface area contributed by atoms with Crippen molar-refractivity contribution in [3.63, 3.8) is 0 Å². The lowest BCUT2D eigenvalue weighted by molar-refractivity contribution is 0.0394. The van der Waals surface area contributed by atoms with E-state index in [-0.39, 0.29) is 16.5 Å². The lowest BCUT2D eigenvalue weighted by Crippen LogP contribution is -2.16. The summed E-state index contributed by atoms with van der Waals surface area (Å²) < 4.78 is 26.8. The molecule has 0 fully saturated rings. The maximum absolute atomic E-state index is 13.4. The zero-order chi connectivity index (χ0) is 9.90. The van der Waals surface area contributed by atoms with Gasteiger partial charge >= 0.3 is 0 Å². The van der Waals surface area contributed by atoms with Crippen LogP contribution in [-0.2, 0) is 5.92 Å². The molecule has 0 amide bonds. The number of hydrogen-bond acceptors (Lipinski definition) is 0. The molecule has 0 aliphatic carbocycles. The Kier molecular flexibility index (Phi) is 3.20. The summed E-state index contributed by atoms with van der Waals surface area (Å²) in [7, 11) is 0. The molecule has 0 aromatic heterocycles. The van der Waals surface area contributed by atoms with Crippen LogP contribution in [0.2, 0.25) is 0 Å². The Bertz CT molecular complexity index is 293. The van der Waals surface area contributed by atoms with Crippen molar-refractivity contribution >= 4 is 15.9 Å². The Balaban J connectivity index is 3.00. The fourth-order valence-electron chi connectivity index (χ4n) is 0.936. The summed E-state index contributed by atoms with van der Waals surface area (Å²) in [5.41, 5.74) is -0.141. The molecule has 0 bridgehead atoms. The average molecular weight is 247 g/mol. The highest BCUT2D eigenvalue weighted by Crippen LogP contribution is 2.35. The average Bonchev–Trinajstić information content (AvgIpc) is 2.18. The zero-order valence-electron chi connectivity index (χ0n) is 6.93. The standard InChI is InChI=1S/C10H9BrF2/c1-8(7-11)10(12,13)9-5-3-2-4-6-9/h2-6H,1,7H2. The summed E-state index contributed by atoms with van der Waals surface area (Å²) in [4.78, 5) is 0. The van der Waals surface area contributed by atoms with E-state index in [4.69, 9.17) is 0 Å². The van der Waals surface area contributed by atoms with Gasteiger partial charge in [-0.2, -0.15) is 8.78 Å². The number of benzene rings is 1. The van der Waals surface area contributed by atoms with Crippen LogP contribution < -0.4 is 0 Å². The molecule has 0 aliphatic rings. The monoisotopic (exact) mass is 246 g/mol. The van der Waals surface area contributed by atoms with E-state index >= 15 is 0 Å². The third-order valence-corrected chi connectivity index (χ3v) is 2.42. The SMILES string of the molecule is C=C(CBr)C(F)(F)c1ccccc1. The molecule has 0 nitrogen and oxygen atoms in total. The van der Waals surface area contributed by atoms with E-state index in [1.165, 1.54) is 12.1 Å². The smallest absolute Gasteiger partial charge is 0.196 e. The topological polar surface area (TPSA) is 0 Å². The fourth-order valence-corrected chi connectivity index (χ4v) is 1.29. The number of halogens is 3. The lowest BCUT2D eigenvalue weighted by Gasteiger charge is -2.17. The highest BCUT2D eigenvalue weighted by Gasteiger charge is 2.33. The Labute approximate surface area is 84.4 Å². The maximum Gasteiger partial charge on any atom is 0.295 e. The molecular formula is C10H9BrF2. The van der Waals surface area contributed by atoms with Gasteiger partial charge < -0.3 is 0 Å². The second-order valence-corrected chi connectivity index (χ2v) is 3.24. The van der Waals surface area contributed by atoms with Crippen molar-refractivity contribution < 1.29 is 8.78 Å². The van der Waals surface area contributed by atoms with Crippen LogP contribution in [-0.4, -0.2) is 5.33 Å². The maximum atomic E-state index is 13.4. The largest absolute Gasteiger partial charge is 0.295 e. The minimum atomic E-state index is -2.94. The van der Waals surface area contributed by atoms with Crippen LogP contribution in [0.5, 0.6) is 0 Å². The second kappa shape index (κ2) is 4.01. The normalized spacial score (nSPS) is 11.3. The first-order chi connectivity index (χ1) is 6.09. The molecule has 0 aliphatic heterocycles. The van der Waals surface area contributed by atoms with Gasteiger partial charge in [0.05, 0.1) is 0 Å². The number of allylic oxidation sites excluding steroid dienone is 1. The van der Waals surface area contributed by atoms with Crippen LogP contribution in [0.1, 0.15) is 5.56 Å². The van der Waals surface area contributed by atoms with Crippen LogP contribution in [0.4, 0.5) is 8.78 Å². The molecule has 70 valence electrons. The summed E-state index contributed by atoms with van der Waals surface area (Å²) in [5.74, 6) is -2.94. The molecule has 1 rings (SSSR count). The quantitative estimate of drug-likeness (QED) is 0.564. The summed E-state index contributed by atoms with van der Waals surface area (Å²) in [6.07, 6.45) is 0. The molecule has 0 saturated heterocycles. The van der Waals surface area contributed by atoms with Crippen molar-refractivity contribution in [1.29, 1.82) is 0 Å². The molecular weight excluding hydrogens is 238 g/mol. The van der Waals surface area contributed by atoms with E-state index in [0.717, 1.165) is 0 Å². The van der Waals surface area contributed by atoms with Crippen LogP contribution in [0.25, 0.3) is 0 Å². The number of alkyl halides is 3. The van der Waals surface area contributed by atoms with Gasteiger partial charge in [0.15, 0.2) is 0 Å². The molecule has 0 radical (unpaired) electrons. The van der Waals surface area contributed by atoms with Gasteiger partial charge in [-0.25, -0.2) is 0 Å². The minimum Gasteiger partial charge on any atom is -0.196 e. The van der Waals surface area contributed by atoms with E-state index in [1.807, 2.05) is 0 Å². The predicted molar refractivity (Wildman–Crippen MR) is 53.3 cm³/mol. The number of rotatable bonds is 3. The molecule has 0 heterocycles. The zero-order valence-corrected chi connectivity index (χ0v) is 8.52. The Morgan fingerprint density at radius 1 is 1.31 bits per heavy atom. The van der Waals surface area contributed by atoms with E-state index in [9.17, 15) is 8.78 Å². The van der Waals surface area contributed by atoms with Gasteiger partial charge in [0.25, 0.3) is 5.92 Å². The first kappa shape index (κ1) is 10.4. The van der Waals surface area contributed by atoms with E-state index in [0.29, 0.717) is 0 Å². The molecule has 0 atom stereocenters. The molecule has 3 heteroatoms. The highest BCUT2D eigenvalue weighted by molar-refractivity contribution is 9.09. The van der Waals surface area contributed by atoms with Gasteiger partial charge in [-0.3, -0.25) is 0 Å². The van der Waals surface area contributed by atoms with E-state index in [1.54, 1.807) is 18.2 Å². The van der Waals surface area contributed by atoms with Crippen LogP contribution in [0.15, 0.2) is 42.5 Å². The van der Waals surface area contributed by atoms with Gasteiger partial charge in [0, 0.05) is 16.5 Å². The Hall–Kier alpha value is -0.700. The predicted octanol–water partition coefficient (Wildman–Crippen LogP) is 3.73. The molecule has 1 aromatic carbocycles. The number of hydrogen-bond donors (Lipinski definition) is 0. The first-order valence-electron chi connectivity index (χ1n) is 3.76. The van der Waals surface area contributed by atoms with Crippen LogP contribution in [0.3, 0.4) is 0 Å². The van der Waals surface area contributed by atoms with Crippen molar-refractivity contribution in [2.24, 2.45) is 0 Å². The summed E-state index contributed by atoms with van der Waals surface area (Å²) in [5, 5.41) is 0.106. The van der Waals surface area contributed by atoms with Crippen molar-refractivity contribution in [2.75, 3.05) is 5.33 Å². The summed E-state index contributed by atoms with van der Waals surface area (Å²) >= 11 is 2.97. The third-order valence-electron chi connectivity index (χ3n) is 1.74. The molecule has 0 unspecified atom stereocenters. The Morgan fingerprint density at radius 2 is 1.85 bits per heavy atom. The Morgan fingerprint density at radius 3 is 2.31 bits per heavy atom. The minimum absolute atomic E-state index is 0.0144.